The van der Waals surface area contributed by atoms with Gasteiger partial charge in [-0.3, -0.25) is 14.5 Å². The van der Waals surface area contributed by atoms with Crippen LogP contribution in [0.25, 0.3) is 0 Å². The first kappa shape index (κ1) is 21.8. The fourth-order valence-electron chi connectivity index (χ4n) is 3.66. The van der Waals surface area contributed by atoms with Crippen molar-refractivity contribution in [3.8, 4) is 5.75 Å². The van der Waals surface area contributed by atoms with Crippen LogP contribution >= 0.6 is 11.8 Å². The second kappa shape index (κ2) is 9.00. The number of allylic oxidation sites excluding steroid dienone is 1. The summed E-state index contributed by atoms with van der Waals surface area (Å²) in [5, 5.41) is 0.262. The number of rotatable bonds is 5. The van der Waals surface area contributed by atoms with E-state index >= 15 is 0 Å². The lowest BCUT2D eigenvalue weighted by Gasteiger charge is -2.33. The van der Waals surface area contributed by atoms with Crippen LogP contribution in [-0.4, -0.2) is 33.2 Å². The van der Waals surface area contributed by atoms with Gasteiger partial charge in [0.15, 0.2) is 5.17 Å². The lowest BCUT2D eigenvalue weighted by atomic mass is 9.94. The summed E-state index contributed by atoms with van der Waals surface area (Å²) in [4.78, 5) is 43.5. The summed E-state index contributed by atoms with van der Waals surface area (Å²) in [7, 11) is 0. The molecule has 2 aromatic rings. The van der Waals surface area contributed by atoms with E-state index in [4.69, 9.17) is 9.47 Å². The average Bonchev–Trinajstić information content (AvgIpc) is 3.05. The molecule has 32 heavy (non-hydrogen) atoms. The van der Waals surface area contributed by atoms with Crippen LogP contribution in [-0.2, 0) is 25.7 Å². The lowest BCUT2D eigenvalue weighted by molar-refractivity contribution is -0.141. The number of ether oxygens (including phenoxy) is 2. The molecule has 2 aliphatic heterocycles. The number of fused-ring (bicyclic) bond motifs is 1. The molecule has 164 valence electrons. The Morgan fingerprint density at radius 1 is 1.09 bits per heavy atom. The zero-order valence-corrected chi connectivity index (χ0v) is 18.7. The van der Waals surface area contributed by atoms with E-state index in [0.29, 0.717) is 27.8 Å². The number of amides is 1. The van der Waals surface area contributed by atoms with E-state index in [2.05, 4.69) is 4.99 Å². The number of thioether (sulfide) groups is 1. The van der Waals surface area contributed by atoms with Gasteiger partial charge in [-0.05, 0) is 37.1 Å². The fourth-order valence-corrected chi connectivity index (χ4v) is 4.69. The third-order valence-electron chi connectivity index (χ3n) is 5.15. The Morgan fingerprint density at radius 2 is 1.78 bits per heavy atom. The van der Waals surface area contributed by atoms with Crippen LogP contribution in [0.5, 0.6) is 5.75 Å². The van der Waals surface area contributed by atoms with Gasteiger partial charge in [0, 0.05) is 6.92 Å². The van der Waals surface area contributed by atoms with Crippen molar-refractivity contribution in [3.05, 3.63) is 77.0 Å². The number of nitrogens with zero attached hydrogens (tertiary/aromatic N) is 2. The zero-order chi connectivity index (χ0) is 22.8. The molecule has 0 bridgehead atoms. The normalized spacial score (nSPS) is 20.0. The molecule has 4 rings (SSSR count). The molecule has 0 unspecified atom stereocenters. The third kappa shape index (κ3) is 4.31. The number of hydrogen-bond donors (Lipinski definition) is 0. The highest BCUT2D eigenvalue weighted by Gasteiger charge is 2.46. The minimum Gasteiger partial charge on any atom is -0.457 e. The minimum atomic E-state index is -0.679. The highest BCUT2D eigenvalue weighted by Crippen LogP contribution is 2.43. The molecule has 0 aliphatic carbocycles. The van der Waals surface area contributed by atoms with Gasteiger partial charge in [-0.25, -0.2) is 9.79 Å². The molecule has 7 nitrogen and oxygen atoms in total. The minimum absolute atomic E-state index is 0.115. The maximum atomic E-state index is 13.2. The summed E-state index contributed by atoms with van der Waals surface area (Å²) in [6.45, 7) is 5.01. The SMILES string of the molecule is CC(=O)Oc1ccc([C@@H]2C(C(=O)OCc3ccccc3)=C(C)N=C3S[C@H](C)C(=O)N32)cc1. The molecule has 1 saturated heterocycles. The highest BCUT2D eigenvalue weighted by atomic mass is 32.2. The smallest absolute Gasteiger partial charge is 0.338 e. The second-order valence-corrected chi connectivity index (χ2v) is 8.80. The first-order valence-corrected chi connectivity index (χ1v) is 11.0. The number of esters is 2. The van der Waals surface area contributed by atoms with Crippen LogP contribution in [0.1, 0.15) is 37.9 Å². The Labute approximate surface area is 190 Å². The summed E-state index contributed by atoms with van der Waals surface area (Å²) in [5.41, 5.74) is 2.39. The first-order chi connectivity index (χ1) is 15.3. The topological polar surface area (TPSA) is 85.3 Å². The molecule has 2 atom stereocenters. The monoisotopic (exact) mass is 450 g/mol. The predicted molar refractivity (Wildman–Crippen MR) is 121 cm³/mol. The fraction of sp³-hybridized carbons (Fsp3) is 0.250. The van der Waals surface area contributed by atoms with Gasteiger partial charge in [0.25, 0.3) is 0 Å². The van der Waals surface area contributed by atoms with Crippen molar-refractivity contribution in [2.45, 2.75) is 38.7 Å². The van der Waals surface area contributed by atoms with Crippen molar-refractivity contribution >= 4 is 34.8 Å². The van der Waals surface area contributed by atoms with Crippen molar-refractivity contribution in [2.75, 3.05) is 0 Å². The van der Waals surface area contributed by atoms with Gasteiger partial charge in [-0.2, -0.15) is 0 Å². The van der Waals surface area contributed by atoms with Gasteiger partial charge in [-0.1, -0.05) is 54.2 Å². The molecular weight excluding hydrogens is 428 g/mol. The van der Waals surface area contributed by atoms with Crippen LogP contribution < -0.4 is 4.74 Å². The number of carbonyl (C=O) groups excluding carboxylic acids is 3. The van der Waals surface area contributed by atoms with Crippen molar-refractivity contribution in [2.24, 2.45) is 4.99 Å². The molecule has 1 amide bonds. The number of hydrogen-bond acceptors (Lipinski definition) is 7. The van der Waals surface area contributed by atoms with Crippen LogP contribution in [0, 0.1) is 0 Å². The maximum absolute atomic E-state index is 13.2. The summed E-state index contributed by atoms with van der Waals surface area (Å²) < 4.78 is 10.7. The number of benzene rings is 2. The van der Waals surface area contributed by atoms with Gasteiger partial charge in [0.05, 0.1) is 22.6 Å². The maximum Gasteiger partial charge on any atom is 0.338 e. The summed E-state index contributed by atoms with van der Waals surface area (Å²) in [6, 6.07) is 15.5. The van der Waals surface area contributed by atoms with E-state index in [1.807, 2.05) is 37.3 Å². The van der Waals surface area contributed by atoms with E-state index in [1.54, 1.807) is 36.1 Å². The number of amidine groups is 1. The molecular formula is C24H22N2O5S. The molecule has 0 N–H and O–H groups in total. The average molecular weight is 451 g/mol. The molecule has 0 radical (unpaired) electrons. The molecule has 2 heterocycles. The summed E-state index contributed by atoms with van der Waals surface area (Å²) >= 11 is 1.37. The van der Waals surface area contributed by atoms with E-state index < -0.39 is 18.0 Å². The molecule has 0 spiro atoms. The molecule has 2 aliphatic rings. The van der Waals surface area contributed by atoms with Crippen LogP contribution in [0.15, 0.2) is 70.9 Å². The van der Waals surface area contributed by atoms with E-state index in [9.17, 15) is 14.4 Å². The van der Waals surface area contributed by atoms with E-state index in [-0.39, 0.29) is 17.8 Å². The quantitative estimate of drug-likeness (QED) is 0.506. The van der Waals surface area contributed by atoms with E-state index in [0.717, 1.165) is 5.56 Å². The molecule has 0 aromatic heterocycles. The van der Waals surface area contributed by atoms with Crippen LogP contribution in [0.2, 0.25) is 0 Å². The summed E-state index contributed by atoms with van der Waals surface area (Å²) in [6.07, 6.45) is 0. The standard InChI is InChI=1S/C24H22N2O5S/c1-14-20(23(29)30-13-17-7-5-4-6-8-17)21(26-22(28)15(2)32-24(26)25-14)18-9-11-19(12-10-18)31-16(3)27/h4-12,15,21H,13H2,1-3H3/t15-,21-/m1/s1. The number of aliphatic imine (C=N–C) groups is 1. The Kier molecular flexibility index (Phi) is 6.14. The van der Waals surface area contributed by atoms with Gasteiger partial charge >= 0.3 is 11.9 Å². The van der Waals surface area contributed by atoms with Crippen molar-refractivity contribution in [1.82, 2.24) is 4.90 Å². The Hall–Kier alpha value is -3.39. The lowest BCUT2D eigenvalue weighted by Crippen LogP contribution is -2.40. The van der Waals surface area contributed by atoms with Crippen molar-refractivity contribution < 1.29 is 23.9 Å². The molecule has 1 fully saturated rings. The molecule has 8 heteroatoms. The van der Waals surface area contributed by atoms with Gasteiger partial charge in [0.2, 0.25) is 5.91 Å². The van der Waals surface area contributed by atoms with Crippen molar-refractivity contribution in [1.29, 1.82) is 0 Å². The Morgan fingerprint density at radius 3 is 2.44 bits per heavy atom. The third-order valence-corrected chi connectivity index (χ3v) is 6.20. The molecule has 2 aromatic carbocycles. The van der Waals surface area contributed by atoms with Crippen LogP contribution in [0.3, 0.4) is 0 Å². The Bertz CT molecular complexity index is 1120. The zero-order valence-electron chi connectivity index (χ0n) is 17.9. The van der Waals surface area contributed by atoms with Gasteiger partial charge in [0.1, 0.15) is 12.4 Å². The highest BCUT2D eigenvalue weighted by molar-refractivity contribution is 8.15. The van der Waals surface area contributed by atoms with Gasteiger partial charge < -0.3 is 9.47 Å². The van der Waals surface area contributed by atoms with Crippen LogP contribution in [0.4, 0.5) is 0 Å². The Balaban J connectivity index is 1.69. The number of carbonyl (C=O) groups is 3. The first-order valence-electron chi connectivity index (χ1n) is 10.1. The largest absolute Gasteiger partial charge is 0.457 e. The van der Waals surface area contributed by atoms with Gasteiger partial charge in [-0.15, -0.1) is 0 Å². The molecule has 0 saturated carbocycles. The summed E-state index contributed by atoms with van der Waals surface area (Å²) in [5.74, 6) is -0.690. The second-order valence-electron chi connectivity index (χ2n) is 7.49. The predicted octanol–water partition coefficient (Wildman–Crippen LogP) is 4.00. The van der Waals surface area contributed by atoms with Crippen molar-refractivity contribution in [3.63, 3.8) is 0 Å². The van der Waals surface area contributed by atoms with E-state index in [1.165, 1.54) is 18.7 Å².